The van der Waals surface area contributed by atoms with E-state index in [2.05, 4.69) is 0 Å². The van der Waals surface area contributed by atoms with Crippen molar-refractivity contribution in [3.63, 3.8) is 0 Å². The highest BCUT2D eigenvalue weighted by atomic mass is 32.2. The number of ketones is 1. The van der Waals surface area contributed by atoms with Crippen molar-refractivity contribution >= 4 is 15.9 Å². The number of hydrogen-bond acceptors (Lipinski definition) is 3. The fourth-order valence-corrected chi connectivity index (χ4v) is 2.84. The summed E-state index contributed by atoms with van der Waals surface area (Å²) in [5.74, 6) is -0.322. The van der Waals surface area contributed by atoms with Crippen LogP contribution in [0, 0.1) is 0 Å². The molecule has 0 saturated heterocycles. The van der Waals surface area contributed by atoms with Crippen LogP contribution in [0.3, 0.4) is 0 Å². The van der Waals surface area contributed by atoms with E-state index >= 15 is 0 Å². The van der Waals surface area contributed by atoms with Crippen LogP contribution >= 0.6 is 0 Å². The molecule has 0 amide bonds. The minimum absolute atomic E-state index is 0.285. The lowest BCUT2D eigenvalue weighted by molar-refractivity contribution is 0.0979. The molecule has 2 aromatic carbocycles. The zero-order valence-electron chi connectivity index (χ0n) is 14.6. The Bertz CT molecular complexity index is 680. The highest BCUT2D eigenvalue weighted by Gasteiger charge is 2.28. The van der Waals surface area contributed by atoms with E-state index in [-0.39, 0.29) is 12.2 Å². The summed E-state index contributed by atoms with van der Waals surface area (Å²) < 4.78 is 32.4. The highest BCUT2D eigenvalue weighted by Crippen LogP contribution is 2.26. The summed E-state index contributed by atoms with van der Waals surface area (Å²) >= 11 is 0. The lowest BCUT2D eigenvalue weighted by Crippen LogP contribution is -2.16. The van der Waals surface area contributed by atoms with Crippen LogP contribution in [-0.4, -0.2) is 18.8 Å². The zero-order chi connectivity index (χ0) is 18.6. The number of carbonyl (C=O) groups is 1. The summed E-state index contributed by atoms with van der Waals surface area (Å²) in [5.41, 5.74) is 0.830. The maximum Gasteiger partial charge on any atom is 0.272 e. The molecule has 0 saturated carbocycles. The van der Waals surface area contributed by atoms with Gasteiger partial charge in [-0.05, 0) is 5.56 Å². The van der Waals surface area contributed by atoms with Gasteiger partial charge in [-0.2, -0.15) is 8.42 Å². The van der Waals surface area contributed by atoms with Gasteiger partial charge in [-0.15, -0.1) is 0 Å². The molecule has 0 spiro atoms. The van der Waals surface area contributed by atoms with Crippen molar-refractivity contribution in [1.82, 2.24) is 0 Å². The minimum Gasteiger partial charge on any atom is -0.294 e. The fraction of sp³-hybridized carbons (Fsp3) is 0.316. The first kappa shape index (κ1) is 22.0. The average Bonchev–Trinajstić information content (AvgIpc) is 2.63. The van der Waals surface area contributed by atoms with Gasteiger partial charge in [-0.25, -0.2) is 0 Å². The summed E-state index contributed by atoms with van der Waals surface area (Å²) in [6.07, 6.45) is -0.285. The van der Waals surface area contributed by atoms with Crippen molar-refractivity contribution < 1.29 is 17.8 Å². The Hall–Kier alpha value is -1.98. The Labute approximate surface area is 145 Å². The molecule has 0 aliphatic heterocycles. The molecule has 0 aliphatic rings. The molecule has 4 nitrogen and oxygen atoms in total. The molecule has 0 radical (unpaired) electrons. The van der Waals surface area contributed by atoms with Gasteiger partial charge in [-0.1, -0.05) is 88.4 Å². The minimum atomic E-state index is -4.34. The summed E-state index contributed by atoms with van der Waals surface area (Å²) in [6, 6.07) is 16.7. The molecule has 1 atom stereocenters. The largest absolute Gasteiger partial charge is 0.294 e. The van der Waals surface area contributed by atoms with Crippen molar-refractivity contribution in [1.29, 1.82) is 0 Å². The van der Waals surface area contributed by atoms with Gasteiger partial charge in [0.2, 0.25) is 0 Å². The molecule has 1 N–H and O–H groups in total. The molecular weight excluding hydrogens is 324 g/mol. The first-order chi connectivity index (χ1) is 11.5. The highest BCUT2D eigenvalue weighted by molar-refractivity contribution is 7.86. The lowest BCUT2D eigenvalue weighted by atomic mass is 10.0. The van der Waals surface area contributed by atoms with E-state index in [0.717, 1.165) is 0 Å². The van der Waals surface area contributed by atoms with Gasteiger partial charge in [0.15, 0.2) is 5.78 Å². The van der Waals surface area contributed by atoms with Crippen LogP contribution in [0.1, 0.15) is 55.3 Å². The standard InChI is InChI=1S/C15H14O4S.2C2H6/c16-14(12-7-3-1-4-8-12)11-15(20(17,18)19)13-9-5-2-6-10-13;2*1-2/h1-10,15H,11H2,(H,17,18,19);2*1-2H3. The normalized spacial score (nSPS) is 11.2. The topological polar surface area (TPSA) is 71.4 Å². The maximum atomic E-state index is 12.1. The first-order valence-electron chi connectivity index (χ1n) is 8.08. The Morgan fingerprint density at radius 3 is 1.71 bits per heavy atom. The van der Waals surface area contributed by atoms with Gasteiger partial charge in [-0.3, -0.25) is 9.35 Å². The molecule has 132 valence electrons. The summed E-state index contributed by atoms with van der Waals surface area (Å²) in [6.45, 7) is 8.00. The number of rotatable bonds is 5. The Morgan fingerprint density at radius 2 is 1.29 bits per heavy atom. The van der Waals surface area contributed by atoms with E-state index in [1.54, 1.807) is 60.7 Å². The molecule has 0 bridgehead atoms. The second-order valence-electron chi connectivity index (χ2n) is 4.41. The second kappa shape index (κ2) is 11.5. The number of Topliss-reactive ketones (excluding diaryl/α,β-unsaturated/α-hetero) is 1. The van der Waals surface area contributed by atoms with Gasteiger partial charge >= 0.3 is 0 Å². The van der Waals surface area contributed by atoms with Crippen molar-refractivity contribution in [2.75, 3.05) is 0 Å². The smallest absolute Gasteiger partial charge is 0.272 e. The molecule has 5 heteroatoms. The van der Waals surface area contributed by atoms with Crippen molar-refractivity contribution in [3.05, 3.63) is 71.8 Å². The average molecular weight is 350 g/mol. The van der Waals surface area contributed by atoms with E-state index in [1.165, 1.54) is 0 Å². The predicted octanol–water partition coefficient (Wildman–Crippen LogP) is 4.94. The Kier molecular flexibility index (Phi) is 10.6. The third-order valence-corrected chi connectivity index (χ3v) is 4.16. The number of benzene rings is 2. The van der Waals surface area contributed by atoms with E-state index in [4.69, 9.17) is 0 Å². The molecule has 0 fully saturated rings. The summed E-state index contributed by atoms with van der Waals surface area (Å²) in [4.78, 5) is 12.1. The van der Waals surface area contributed by atoms with Crippen LogP contribution in [0.25, 0.3) is 0 Å². The van der Waals surface area contributed by atoms with Gasteiger partial charge in [0, 0.05) is 12.0 Å². The summed E-state index contributed by atoms with van der Waals surface area (Å²) in [7, 11) is -4.34. The van der Waals surface area contributed by atoms with Gasteiger partial charge in [0.05, 0.1) is 0 Å². The van der Waals surface area contributed by atoms with Crippen LogP contribution in [-0.2, 0) is 10.1 Å². The second-order valence-corrected chi connectivity index (χ2v) is 6.01. The molecule has 1 unspecified atom stereocenters. The van der Waals surface area contributed by atoms with Crippen LogP contribution < -0.4 is 0 Å². The predicted molar refractivity (Wildman–Crippen MR) is 98.8 cm³/mol. The van der Waals surface area contributed by atoms with Crippen LogP contribution in [0.4, 0.5) is 0 Å². The molecule has 2 aromatic rings. The van der Waals surface area contributed by atoms with Crippen LogP contribution in [0.2, 0.25) is 0 Å². The molecule has 0 heterocycles. The number of carbonyl (C=O) groups excluding carboxylic acids is 1. The number of hydrogen-bond donors (Lipinski definition) is 1. The zero-order valence-corrected chi connectivity index (χ0v) is 15.5. The van der Waals surface area contributed by atoms with Crippen molar-refractivity contribution in [2.24, 2.45) is 0 Å². The monoisotopic (exact) mass is 350 g/mol. The SMILES string of the molecule is CC.CC.O=C(CC(c1ccccc1)S(=O)(=O)O)c1ccccc1. The van der Waals surface area contributed by atoms with E-state index in [1.807, 2.05) is 27.7 Å². The third kappa shape index (κ3) is 7.06. The van der Waals surface area contributed by atoms with E-state index in [9.17, 15) is 17.8 Å². The molecule has 0 aromatic heterocycles. The van der Waals surface area contributed by atoms with E-state index < -0.39 is 15.4 Å². The van der Waals surface area contributed by atoms with E-state index in [0.29, 0.717) is 11.1 Å². The van der Waals surface area contributed by atoms with Crippen molar-refractivity contribution in [2.45, 2.75) is 39.4 Å². The van der Waals surface area contributed by atoms with Crippen molar-refractivity contribution in [3.8, 4) is 0 Å². The lowest BCUT2D eigenvalue weighted by Gasteiger charge is -2.13. The molecule has 24 heavy (non-hydrogen) atoms. The van der Waals surface area contributed by atoms with Gasteiger partial charge < -0.3 is 0 Å². The summed E-state index contributed by atoms with van der Waals surface area (Å²) in [5, 5.41) is -1.24. The van der Waals surface area contributed by atoms with Crippen LogP contribution in [0.5, 0.6) is 0 Å². The third-order valence-electron chi connectivity index (χ3n) is 3.00. The molecule has 0 aliphatic carbocycles. The molecule has 2 rings (SSSR count). The maximum absolute atomic E-state index is 12.1. The van der Waals surface area contributed by atoms with Gasteiger partial charge in [0.25, 0.3) is 10.1 Å². The van der Waals surface area contributed by atoms with Crippen LogP contribution in [0.15, 0.2) is 60.7 Å². The molecular formula is C19H26O4S. The Morgan fingerprint density at radius 1 is 0.875 bits per heavy atom. The van der Waals surface area contributed by atoms with Gasteiger partial charge in [0.1, 0.15) is 5.25 Å². The quantitative estimate of drug-likeness (QED) is 0.612. The fourth-order valence-electron chi connectivity index (χ4n) is 1.97. The first-order valence-corrected chi connectivity index (χ1v) is 9.58. The Balaban J connectivity index is 0.00000123.